The molecule has 1 N–H and O–H groups in total. The van der Waals surface area contributed by atoms with E-state index >= 15 is 0 Å². The summed E-state index contributed by atoms with van der Waals surface area (Å²) < 4.78 is 18.8. The predicted molar refractivity (Wildman–Crippen MR) is 86.9 cm³/mol. The largest absolute Gasteiger partial charge is 0.449 e. The first-order valence-electron chi connectivity index (χ1n) is 8.39. The van der Waals surface area contributed by atoms with E-state index in [4.69, 9.17) is 4.42 Å². The van der Waals surface area contributed by atoms with Gasteiger partial charge in [-0.05, 0) is 63.0 Å². The maximum Gasteiger partial charge on any atom is 0.287 e. The number of fused-ring (bicyclic) bond motifs is 3. The minimum Gasteiger partial charge on any atom is -0.449 e. The maximum absolute atomic E-state index is 13.2. The molecule has 2 unspecified atom stereocenters. The number of rotatable bonds is 3. The van der Waals surface area contributed by atoms with Crippen LogP contribution in [0.2, 0.25) is 0 Å². The van der Waals surface area contributed by atoms with E-state index in [1.165, 1.54) is 6.07 Å². The third kappa shape index (κ3) is 2.71. The van der Waals surface area contributed by atoms with Crippen molar-refractivity contribution in [3.8, 4) is 11.5 Å². The Kier molecular flexibility index (Phi) is 3.84. The second kappa shape index (κ2) is 6.02. The third-order valence-electron chi connectivity index (χ3n) is 5.27. The Balaban J connectivity index is 1.49. The normalized spacial score (nSPS) is 28.8. The Morgan fingerprint density at radius 3 is 2.79 bits per heavy atom. The molecule has 5 nitrogen and oxygen atoms in total. The topological polar surface area (TPSA) is 58.4 Å². The molecular formula is C18H20FN3O2. The average molecular weight is 329 g/mol. The van der Waals surface area contributed by atoms with Gasteiger partial charge in [0.15, 0.2) is 11.5 Å². The number of hydrogen-bond acceptors (Lipinski definition) is 4. The van der Waals surface area contributed by atoms with Gasteiger partial charge < -0.3 is 9.73 Å². The van der Waals surface area contributed by atoms with Crippen LogP contribution >= 0.6 is 0 Å². The number of nitrogens with one attached hydrogen (secondary N) is 1. The standard InChI is InChI=1S/C18H20FN3O2/c1-11-17(12-7-9-22(11)10-8-12)21-18(23)15-6-5-14(24-15)13-3-2-4-16(19)20-13/h2-6,11-12,17H,7-10H2,1H3,(H,21,23). The SMILES string of the molecule is CC1C(NC(=O)c2ccc(-c3cccc(F)n3)o2)C2CCN1CC2. The molecule has 0 saturated carbocycles. The van der Waals surface area contributed by atoms with Crippen molar-refractivity contribution in [2.45, 2.75) is 31.8 Å². The van der Waals surface area contributed by atoms with Crippen LogP contribution in [0.15, 0.2) is 34.7 Å². The molecule has 3 fully saturated rings. The number of halogens is 1. The second-order valence-electron chi connectivity index (χ2n) is 6.62. The minimum atomic E-state index is -0.573. The minimum absolute atomic E-state index is 0.154. The molecule has 3 aliphatic rings. The van der Waals surface area contributed by atoms with Crippen molar-refractivity contribution in [3.05, 3.63) is 42.0 Å². The van der Waals surface area contributed by atoms with Crippen molar-refractivity contribution < 1.29 is 13.6 Å². The zero-order valence-corrected chi connectivity index (χ0v) is 13.5. The van der Waals surface area contributed by atoms with Gasteiger partial charge in [0.25, 0.3) is 5.91 Å². The van der Waals surface area contributed by atoms with Crippen LogP contribution in [0.3, 0.4) is 0 Å². The number of furan rings is 1. The number of nitrogens with zero attached hydrogens (tertiary/aromatic N) is 2. The molecule has 2 aromatic rings. The van der Waals surface area contributed by atoms with E-state index in [0.717, 1.165) is 25.9 Å². The first kappa shape index (κ1) is 15.3. The van der Waals surface area contributed by atoms with Crippen molar-refractivity contribution in [1.29, 1.82) is 0 Å². The fourth-order valence-corrected chi connectivity index (χ4v) is 3.91. The average Bonchev–Trinajstić information content (AvgIpc) is 3.09. The molecule has 5 rings (SSSR count). The summed E-state index contributed by atoms with van der Waals surface area (Å²) in [4.78, 5) is 18.7. The summed E-state index contributed by atoms with van der Waals surface area (Å²) in [5.41, 5.74) is 0.380. The van der Waals surface area contributed by atoms with Crippen molar-refractivity contribution in [2.24, 2.45) is 5.92 Å². The Hall–Kier alpha value is -2.21. The lowest BCUT2D eigenvalue weighted by molar-refractivity contribution is 0.0211. The first-order chi connectivity index (χ1) is 11.6. The fraction of sp³-hybridized carbons (Fsp3) is 0.444. The van der Waals surface area contributed by atoms with Gasteiger partial charge in [-0.1, -0.05) is 6.07 Å². The number of carbonyl (C=O) groups excluding carboxylic acids is 1. The number of piperidine rings is 3. The van der Waals surface area contributed by atoms with Gasteiger partial charge in [0.1, 0.15) is 5.69 Å². The monoisotopic (exact) mass is 329 g/mol. The molecule has 0 aliphatic carbocycles. The molecule has 3 saturated heterocycles. The molecule has 0 spiro atoms. The van der Waals surface area contributed by atoms with Gasteiger partial charge in [0, 0.05) is 12.1 Å². The van der Waals surface area contributed by atoms with Crippen molar-refractivity contribution >= 4 is 5.91 Å². The van der Waals surface area contributed by atoms with Gasteiger partial charge in [-0.25, -0.2) is 4.98 Å². The lowest BCUT2D eigenvalue weighted by Crippen LogP contribution is -2.62. The molecule has 2 atom stereocenters. The summed E-state index contributed by atoms with van der Waals surface area (Å²) in [6.45, 7) is 4.41. The summed E-state index contributed by atoms with van der Waals surface area (Å²) in [7, 11) is 0. The summed E-state index contributed by atoms with van der Waals surface area (Å²) in [5, 5.41) is 3.12. The molecule has 2 bridgehead atoms. The van der Waals surface area contributed by atoms with Crippen LogP contribution in [-0.4, -0.2) is 41.0 Å². The van der Waals surface area contributed by atoms with Crippen molar-refractivity contribution in [3.63, 3.8) is 0 Å². The predicted octanol–water partition coefficient (Wildman–Crippen LogP) is 2.69. The highest BCUT2D eigenvalue weighted by Gasteiger charge is 2.40. The van der Waals surface area contributed by atoms with E-state index < -0.39 is 5.95 Å². The quantitative estimate of drug-likeness (QED) is 0.880. The Morgan fingerprint density at radius 1 is 1.29 bits per heavy atom. The lowest BCUT2D eigenvalue weighted by atomic mass is 9.79. The number of aromatic nitrogens is 1. The molecule has 126 valence electrons. The highest BCUT2D eigenvalue weighted by molar-refractivity contribution is 5.92. The van der Waals surface area contributed by atoms with E-state index in [1.807, 2.05) is 0 Å². The Bertz CT molecular complexity index is 750. The first-order valence-corrected chi connectivity index (χ1v) is 8.39. The fourth-order valence-electron chi connectivity index (χ4n) is 3.91. The molecule has 1 amide bonds. The van der Waals surface area contributed by atoms with Crippen LogP contribution in [0.5, 0.6) is 0 Å². The van der Waals surface area contributed by atoms with Gasteiger partial charge in [-0.15, -0.1) is 0 Å². The number of hydrogen-bond donors (Lipinski definition) is 1. The lowest BCUT2D eigenvalue weighted by Gasteiger charge is -2.49. The van der Waals surface area contributed by atoms with Crippen molar-refractivity contribution in [1.82, 2.24) is 15.2 Å². The van der Waals surface area contributed by atoms with E-state index in [9.17, 15) is 9.18 Å². The highest BCUT2D eigenvalue weighted by Crippen LogP contribution is 2.32. The van der Waals surface area contributed by atoms with E-state index in [1.54, 1.807) is 24.3 Å². The van der Waals surface area contributed by atoms with Crippen LogP contribution in [0, 0.1) is 11.9 Å². The van der Waals surface area contributed by atoms with Gasteiger partial charge in [0.2, 0.25) is 5.95 Å². The molecule has 5 heterocycles. The second-order valence-corrected chi connectivity index (χ2v) is 6.62. The summed E-state index contributed by atoms with van der Waals surface area (Å²) >= 11 is 0. The van der Waals surface area contributed by atoms with Gasteiger partial charge in [-0.2, -0.15) is 4.39 Å². The Morgan fingerprint density at radius 2 is 2.08 bits per heavy atom. The van der Waals surface area contributed by atoms with Gasteiger partial charge >= 0.3 is 0 Å². The van der Waals surface area contributed by atoms with Crippen LogP contribution in [-0.2, 0) is 0 Å². The summed E-state index contributed by atoms with van der Waals surface area (Å²) in [5.74, 6) is 0.369. The zero-order valence-electron chi connectivity index (χ0n) is 13.5. The summed E-state index contributed by atoms with van der Waals surface area (Å²) in [6.07, 6.45) is 2.26. The van der Waals surface area contributed by atoms with Crippen LogP contribution < -0.4 is 5.32 Å². The number of amides is 1. The molecule has 6 heteroatoms. The third-order valence-corrected chi connectivity index (χ3v) is 5.27. The van der Waals surface area contributed by atoms with E-state index in [-0.39, 0.29) is 17.7 Å². The van der Waals surface area contributed by atoms with Crippen LogP contribution in [0.4, 0.5) is 4.39 Å². The number of pyridine rings is 1. The smallest absolute Gasteiger partial charge is 0.287 e. The maximum atomic E-state index is 13.2. The van der Waals surface area contributed by atoms with Crippen LogP contribution in [0.1, 0.15) is 30.3 Å². The van der Waals surface area contributed by atoms with Gasteiger partial charge in [0.05, 0.1) is 0 Å². The van der Waals surface area contributed by atoms with Gasteiger partial charge in [-0.3, -0.25) is 9.69 Å². The van der Waals surface area contributed by atoms with Crippen molar-refractivity contribution in [2.75, 3.05) is 13.1 Å². The zero-order chi connectivity index (χ0) is 16.7. The molecule has 0 aromatic carbocycles. The summed E-state index contributed by atoms with van der Waals surface area (Å²) in [6, 6.07) is 8.25. The molecule has 3 aliphatic heterocycles. The Labute approximate surface area is 139 Å². The van der Waals surface area contributed by atoms with E-state index in [2.05, 4.69) is 22.1 Å². The van der Waals surface area contributed by atoms with Crippen LogP contribution in [0.25, 0.3) is 11.5 Å². The molecule has 0 radical (unpaired) electrons. The van der Waals surface area contributed by atoms with E-state index in [0.29, 0.717) is 23.4 Å². The number of carbonyl (C=O) groups is 1. The molecular weight excluding hydrogens is 309 g/mol. The molecule has 2 aromatic heterocycles. The molecule has 24 heavy (non-hydrogen) atoms. The highest BCUT2D eigenvalue weighted by atomic mass is 19.1.